The molecule has 0 spiro atoms. The molecule has 0 aromatic carbocycles. The summed E-state index contributed by atoms with van der Waals surface area (Å²) in [5.74, 6) is 1.40. The zero-order valence-corrected chi connectivity index (χ0v) is 12.0. The van der Waals surface area contributed by atoms with E-state index in [1.54, 1.807) is 11.3 Å². The highest BCUT2D eigenvalue weighted by Gasteiger charge is 2.01. The molecule has 2 aromatic heterocycles. The Morgan fingerprint density at radius 2 is 2.26 bits per heavy atom. The lowest BCUT2D eigenvalue weighted by atomic mass is 10.3. The monoisotopic (exact) mass is 278 g/mol. The number of aromatic nitrogens is 3. The summed E-state index contributed by atoms with van der Waals surface area (Å²) in [6.07, 6.45) is 3.37. The predicted molar refractivity (Wildman–Crippen MR) is 76.9 cm³/mol. The first-order valence-electron chi connectivity index (χ1n) is 6.37. The molecule has 0 saturated carbocycles. The van der Waals surface area contributed by atoms with Gasteiger partial charge in [0.15, 0.2) is 0 Å². The molecular formula is C13H18N4OS. The first-order valence-corrected chi connectivity index (χ1v) is 7.25. The van der Waals surface area contributed by atoms with Crippen LogP contribution in [0.4, 0.5) is 5.82 Å². The van der Waals surface area contributed by atoms with Crippen molar-refractivity contribution in [3.05, 3.63) is 28.5 Å². The Hall–Kier alpha value is -1.69. The van der Waals surface area contributed by atoms with Crippen LogP contribution in [0.1, 0.15) is 24.0 Å². The number of ether oxygens (including phenoxy) is 1. The van der Waals surface area contributed by atoms with Crippen molar-refractivity contribution in [3.63, 3.8) is 0 Å². The van der Waals surface area contributed by atoms with Crippen LogP contribution >= 0.6 is 11.3 Å². The van der Waals surface area contributed by atoms with Crippen LogP contribution < -0.4 is 10.1 Å². The summed E-state index contributed by atoms with van der Waals surface area (Å²) in [6.45, 7) is 5.56. The normalized spacial score (nSPS) is 10.4. The minimum Gasteiger partial charge on any atom is -0.478 e. The number of hydrogen-bond donors (Lipinski definition) is 1. The van der Waals surface area contributed by atoms with E-state index < -0.39 is 0 Å². The van der Waals surface area contributed by atoms with Crippen molar-refractivity contribution in [3.8, 4) is 5.88 Å². The van der Waals surface area contributed by atoms with Crippen LogP contribution in [0.5, 0.6) is 5.88 Å². The van der Waals surface area contributed by atoms with Gasteiger partial charge < -0.3 is 10.1 Å². The fourth-order valence-electron chi connectivity index (χ4n) is 1.56. The molecule has 0 atom stereocenters. The van der Waals surface area contributed by atoms with E-state index >= 15 is 0 Å². The smallest absolute Gasteiger partial charge is 0.218 e. The molecule has 0 saturated heterocycles. The molecule has 2 rings (SSSR count). The molecule has 0 bridgehead atoms. The van der Waals surface area contributed by atoms with Gasteiger partial charge in [0.05, 0.1) is 17.3 Å². The quantitative estimate of drug-likeness (QED) is 0.843. The molecule has 1 N–H and O–H groups in total. The van der Waals surface area contributed by atoms with E-state index in [1.165, 1.54) is 6.33 Å². The molecule has 0 fully saturated rings. The Labute approximate surface area is 117 Å². The lowest BCUT2D eigenvalue weighted by Gasteiger charge is -2.06. The molecule has 5 nitrogen and oxygen atoms in total. The number of anilines is 1. The van der Waals surface area contributed by atoms with E-state index in [2.05, 4.69) is 32.6 Å². The van der Waals surface area contributed by atoms with Crippen molar-refractivity contribution in [1.82, 2.24) is 15.0 Å². The van der Waals surface area contributed by atoms with Gasteiger partial charge in [-0.05, 0) is 13.3 Å². The standard InChI is InChI=1S/C13H18N4OS/c1-3-6-18-13-7-12(15-9-16-13)14-5-4-11-8-19-10(2)17-11/h7-9H,3-6H2,1-2H3,(H,14,15,16). The molecule has 0 aliphatic rings. The van der Waals surface area contributed by atoms with Gasteiger partial charge in [-0.3, -0.25) is 0 Å². The summed E-state index contributed by atoms with van der Waals surface area (Å²) in [5.41, 5.74) is 1.12. The summed E-state index contributed by atoms with van der Waals surface area (Å²) in [5, 5.41) is 6.45. The molecule has 102 valence electrons. The van der Waals surface area contributed by atoms with Crippen molar-refractivity contribution in [2.75, 3.05) is 18.5 Å². The number of thiazole rings is 1. The van der Waals surface area contributed by atoms with Crippen molar-refractivity contribution in [2.45, 2.75) is 26.7 Å². The third kappa shape index (κ3) is 4.48. The summed E-state index contributed by atoms with van der Waals surface area (Å²) in [6, 6.07) is 1.82. The van der Waals surface area contributed by atoms with E-state index in [9.17, 15) is 0 Å². The molecule has 2 aromatic rings. The van der Waals surface area contributed by atoms with E-state index in [0.29, 0.717) is 12.5 Å². The van der Waals surface area contributed by atoms with Gasteiger partial charge in [-0.2, -0.15) is 0 Å². The van der Waals surface area contributed by atoms with Crippen molar-refractivity contribution < 1.29 is 4.74 Å². The lowest BCUT2D eigenvalue weighted by molar-refractivity contribution is 0.305. The molecule has 19 heavy (non-hydrogen) atoms. The molecule has 0 radical (unpaired) electrons. The summed E-state index contributed by atoms with van der Waals surface area (Å²) in [4.78, 5) is 12.6. The van der Waals surface area contributed by atoms with Crippen molar-refractivity contribution >= 4 is 17.2 Å². The minimum absolute atomic E-state index is 0.615. The third-order valence-corrected chi connectivity index (χ3v) is 3.27. The fourth-order valence-corrected chi connectivity index (χ4v) is 2.21. The SMILES string of the molecule is CCCOc1cc(NCCc2csc(C)n2)ncn1. The summed E-state index contributed by atoms with van der Waals surface area (Å²) in [7, 11) is 0. The highest BCUT2D eigenvalue weighted by molar-refractivity contribution is 7.09. The Morgan fingerprint density at radius 1 is 1.37 bits per heavy atom. The van der Waals surface area contributed by atoms with Crippen molar-refractivity contribution in [1.29, 1.82) is 0 Å². The minimum atomic E-state index is 0.615. The van der Waals surface area contributed by atoms with E-state index in [0.717, 1.165) is 35.9 Å². The zero-order valence-electron chi connectivity index (χ0n) is 11.2. The number of aryl methyl sites for hydroxylation is 1. The highest BCUT2D eigenvalue weighted by atomic mass is 32.1. The number of rotatable bonds is 7. The maximum absolute atomic E-state index is 5.46. The molecule has 0 unspecified atom stereocenters. The first kappa shape index (κ1) is 13.7. The zero-order chi connectivity index (χ0) is 13.5. The Kier molecular flexibility index (Phi) is 5.09. The van der Waals surface area contributed by atoms with Gasteiger partial charge in [0.1, 0.15) is 12.1 Å². The van der Waals surface area contributed by atoms with Gasteiger partial charge >= 0.3 is 0 Å². The van der Waals surface area contributed by atoms with Gasteiger partial charge in [-0.25, -0.2) is 15.0 Å². The van der Waals surface area contributed by atoms with Gasteiger partial charge in [0.2, 0.25) is 5.88 Å². The number of nitrogens with zero attached hydrogens (tertiary/aromatic N) is 3. The second kappa shape index (κ2) is 7.04. The van der Waals surface area contributed by atoms with E-state index in [-0.39, 0.29) is 0 Å². The Morgan fingerprint density at radius 3 is 3.00 bits per heavy atom. The summed E-state index contributed by atoms with van der Waals surface area (Å²) < 4.78 is 5.46. The van der Waals surface area contributed by atoms with E-state index in [4.69, 9.17) is 4.74 Å². The average Bonchev–Trinajstić information content (AvgIpc) is 2.83. The van der Waals surface area contributed by atoms with Gasteiger partial charge in [0.25, 0.3) is 0 Å². The second-order valence-electron chi connectivity index (χ2n) is 4.12. The number of nitrogens with one attached hydrogen (secondary N) is 1. The van der Waals surface area contributed by atoms with Crippen molar-refractivity contribution in [2.24, 2.45) is 0 Å². The maximum Gasteiger partial charge on any atom is 0.218 e. The largest absolute Gasteiger partial charge is 0.478 e. The van der Waals surface area contributed by atoms with Crippen LogP contribution in [0.15, 0.2) is 17.8 Å². The van der Waals surface area contributed by atoms with Crippen LogP contribution in [0, 0.1) is 6.92 Å². The molecule has 2 heterocycles. The van der Waals surface area contributed by atoms with Crippen LogP contribution in [0.25, 0.3) is 0 Å². The van der Waals surface area contributed by atoms with Gasteiger partial charge in [0, 0.05) is 24.4 Å². The lowest BCUT2D eigenvalue weighted by Crippen LogP contribution is -2.07. The second-order valence-corrected chi connectivity index (χ2v) is 5.19. The fraction of sp³-hybridized carbons (Fsp3) is 0.462. The third-order valence-electron chi connectivity index (χ3n) is 2.45. The molecular weight excluding hydrogens is 260 g/mol. The van der Waals surface area contributed by atoms with Gasteiger partial charge in [-0.15, -0.1) is 11.3 Å². The van der Waals surface area contributed by atoms with E-state index in [1.807, 2.05) is 13.0 Å². The van der Waals surface area contributed by atoms with Crippen LogP contribution in [-0.2, 0) is 6.42 Å². The topological polar surface area (TPSA) is 59.9 Å². The number of hydrogen-bond acceptors (Lipinski definition) is 6. The maximum atomic E-state index is 5.46. The summed E-state index contributed by atoms with van der Waals surface area (Å²) >= 11 is 1.68. The molecule has 0 aliphatic heterocycles. The molecule has 6 heteroatoms. The first-order chi connectivity index (χ1) is 9.28. The van der Waals surface area contributed by atoms with Crippen LogP contribution in [0.2, 0.25) is 0 Å². The van der Waals surface area contributed by atoms with Crippen LogP contribution in [-0.4, -0.2) is 28.1 Å². The van der Waals surface area contributed by atoms with Gasteiger partial charge in [-0.1, -0.05) is 6.92 Å². The Balaban J connectivity index is 1.82. The van der Waals surface area contributed by atoms with Crippen LogP contribution in [0.3, 0.4) is 0 Å². The average molecular weight is 278 g/mol. The Bertz CT molecular complexity index is 515. The molecule has 0 aliphatic carbocycles. The highest BCUT2D eigenvalue weighted by Crippen LogP contribution is 2.12. The predicted octanol–water partition coefficient (Wildman–Crippen LogP) is 2.68. The molecule has 0 amide bonds.